The number of pyridine rings is 1. The second-order valence-corrected chi connectivity index (χ2v) is 5.97. The van der Waals surface area contributed by atoms with Gasteiger partial charge in [-0.3, -0.25) is 4.98 Å². The lowest BCUT2D eigenvalue weighted by molar-refractivity contribution is 0.0697. The van der Waals surface area contributed by atoms with Gasteiger partial charge in [0.25, 0.3) is 0 Å². The molecule has 4 rings (SSSR count). The zero-order chi connectivity index (χ0) is 16.7. The van der Waals surface area contributed by atoms with Crippen LogP contribution in [0.1, 0.15) is 28.0 Å². The number of hydrogen-bond acceptors (Lipinski definition) is 4. The Morgan fingerprint density at radius 3 is 2.62 bits per heavy atom. The topological polar surface area (TPSA) is 82.5 Å². The number of benzene rings is 2. The Labute approximate surface area is 138 Å². The van der Waals surface area contributed by atoms with E-state index in [9.17, 15) is 15.0 Å². The maximum absolute atomic E-state index is 11.3. The van der Waals surface area contributed by atoms with Crippen LogP contribution in [0.15, 0.2) is 42.5 Å². The summed E-state index contributed by atoms with van der Waals surface area (Å²) in [6.07, 6.45) is 2.92. The first-order chi connectivity index (χ1) is 11.6. The number of phenolic OH excluding ortho intramolecular Hbond substituents is 1. The molecule has 0 bridgehead atoms. The third-order valence-corrected chi connectivity index (χ3v) is 4.40. The number of nitrogens with one attached hydrogen (secondary N) is 1. The summed E-state index contributed by atoms with van der Waals surface area (Å²) in [6.45, 7) is 0. The monoisotopic (exact) mass is 320 g/mol. The van der Waals surface area contributed by atoms with Crippen molar-refractivity contribution in [1.29, 1.82) is 0 Å². The fourth-order valence-corrected chi connectivity index (χ4v) is 3.23. The number of rotatable bonds is 3. The fourth-order valence-electron chi connectivity index (χ4n) is 3.23. The van der Waals surface area contributed by atoms with Gasteiger partial charge in [0.2, 0.25) is 0 Å². The highest BCUT2D eigenvalue weighted by atomic mass is 16.4. The number of aromatic hydroxyl groups is 1. The summed E-state index contributed by atoms with van der Waals surface area (Å²) in [5, 5.41) is 22.9. The third kappa shape index (κ3) is 2.44. The summed E-state index contributed by atoms with van der Waals surface area (Å²) in [4.78, 5) is 16.0. The average Bonchev–Trinajstić information content (AvgIpc) is 3.04. The molecule has 5 heteroatoms. The molecule has 3 aromatic rings. The first-order valence-electron chi connectivity index (χ1n) is 7.87. The fraction of sp³-hybridized carbons (Fsp3) is 0.158. The average molecular weight is 320 g/mol. The van der Waals surface area contributed by atoms with E-state index in [4.69, 9.17) is 4.98 Å². The van der Waals surface area contributed by atoms with Crippen molar-refractivity contribution in [2.75, 3.05) is 5.32 Å². The lowest BCUT2D eigenvalue weighted by Crippen LogP contribution is -2.02. The van der Waals surface area contributed by atoms with Gasteiger partial charge in [0.15, 0.2) is 0 Å². The van der Waals surface area contributed by atoms with Gasteiger partial charge in [-0.2, -0.15) is 0 Å². The number of aromatic carboxylic acids is 1. The molecule has 0 atom stereocenters. The molecule has 0 saturated carbocycles. The van der Waals surface area contributed by atoms with Crippen LogP contribution in [-0.4, -0.2) is 21.2 Å². The number of aromatic nitrogens is 1. The van der Waals surface area contributed by atoms with Crippen LogP contribution in [-0.2, 0) is 12.8 Å². The van der Waals surface area contributed by atoms with E-state index in [0.717, 1.165) is 52.8 Å². The number of nitrogens with zero attached hydrogens (tertiary/aromatic N) is 1. The van der Waals surface area contributed by atoms with Crippen LogP contribution in [0.3, 0.4) is 0 Å². The van der Waals surface area contributed by atoms with Gasteiger partial charge >= 0.3 is 5.97 Å². The molecular formula is C19H16N2O3. The van der Waals surface area contributed by atoms with E-state index in [1.807, 2.05) is 0 Å². The molecule has 0 unspecified atom stereocenters. The smallest absolute Gasteiger partial charge is 0.335 e. The van der Waals surface area contributed by atoms with Gasteiger partial charge in [-0.15, -0.1) is 0 Å². The van der Waals surface area contributed by atoms with E-state index in [0.29, 0.717) is 0 Å². The Balaban J connectivity index is 1.91. The highest BCUT2D eigenvalue weighted by Crippen LogP contribution is 2.36. The van der Waals surface area contributed by atoms with Gasteiger partial charge < -0.3 is 15.5 Å². The van der Waals surface area contributed by atoms with Gasteiger partial charge in [0, 0.05) is 16.8 Å². The van der Waals surface area contributed by atoms with Gasteiger partial charge in [-0.1, -0.05) is 0 Å². The van der Waals surface area contributed by atoms with Crippen LogP contribution in [0.4, 0.5) is 11.4 Å². The number of aryl methyl sites for hydroxylation is 1. The van der Waals surface area contributed by atoms with E-state index in [1.165, 1.54) is 0 Å². The number of hydrogen-bond donors (Lipinski definition) is 3. The van der Waals surface area contributed by atoms with Crippen LogP contribution in [0.2, 0.25) is 0 Å². The number of carboxylic acids is 1. The second-order valence-electron chi connectivity index (χ2n) is 5.97. The zero-order valence-corrected chi connectivity index (χ0v) is 12.9. The van der Waals surface area contributed by atoms with Crippen LogP contribution in [0.25, 0.3) is 10.9 Å². The highest BCUT2D eigenvalue weighted by Gasteiger charge is 2.20. The summed E-state index contributed by atoms with van der Waals surface area (Å²) in [5.41, 5.74) is 5.03. The van der Waals surface area contributed by atoms with Crippen molar-refractivity contribution < 1.29 is 15.0 Å². The Morgan fingerprint density at radius 1 is 1.08 bits per heavy atom. The molecule has 0 amide bonds. The van der Waals surface area contributed by atoms with Gasteiger partial charge in [-0.05, 0) is 67.3 Å². The van der Waals surface area contributed by atoms with Gasteiger partial charge in [0.05, 0.1) is 16.8 Å². The van der Waals surface area contributed by atoms with E-state index in [-0.39, 0.29) is 11.3 Å². The van der Waals surface area contributed by atoms with Crippen molar-refractivity contribution in [2.24, 2.45) is 0 Å². The Bertz CT molecular complexity index is 949. The van der Waals surface area contributed by atoms with Crippen LogP contribution in [0, 0.1) is 0 Å². The Hall–Kier alpha value is -3.08. The second kappa shape index (κ2) is 5.53. The van der Waals surface area contributed by atoms with Crippen molar-refractivity contribution in [1.82, 2.24) is 4.98 Å². The molecule has 3 N–H and O–H groups in total. The summed E-state index contributed by atoms with van der Waals surface area (Å²) >= 11 is 0. The molecule has 1 aromatic heterocycles. The molecule has 0 radical (unpaired) electrons. The molecule has 5 nitrogen and oxygen atoms in total. The first kappa shape index (κ1) is 14.5. The normalized spacial score (nSPS) is 13.0. The molecule has 1 heterocycles. The van der Waals surface area contributed by atoms with Gasteiger partial charge in [-0.25, -0.2) is 4.79 Å². The number of carboxylic acid groups (broad SMARTS) is 1. The van der Waals surface area contributed by atoms with Crippen molar-refractivity contribution in [3.05, 3.63) is 59.3 Å². The zero-order valence-electron chi connectivity index (χ0n) is 12.9. The number of carbonyl (C=O) groups is 1. The summed E-state index contributed by atoms with van der Waals surface area (Å²) in [6, 6.07) is 11.9. The Morgan fingerprint density at radius 2 is 1.88 bits per heavy atom. The maximum Gasteiger partial charge on any atom is 0.335 e. The molecule has 2 aromatic carbocycles. The maximum atomic E-state index is 11.3. The lowest BCUT2D eigenvalue weighted by atomic mass is 10.0. The van der Waals surface area contributed by atoms with Gasteiger partial charge in [0.1, 0.15) is 5.75 Å². The minimum atomic E-state index is -0.951. The molecule has 1 aliphatic rings. The molecule has 1 aliphatic carbocycles. The molecule has 0 aliphatic heterocycles. The molecule has 0 saturated heterocycles. The highest BCUT2D eigenvalue weighted by molar-refractivity contribution is 6.00. The molecule has 120 valence electrons. The predicted molar refractivity (Wildman–Crippen MR) is 92.1 cm³/mol. The molecule has 0 fully saturated rings. The summed E-state index contributed by atoms with van der Waals surface area (Å²) < 4.78 is 0. The minimum Gasteiger partial charge on any atom is -0.508 e. The van der Waals surface area contributed by atoms with Crippen LogP contribution in [0.5, 0.6) is 5.75 Å². The molecule has 0 spiro atoms. The molecule has 24 heavy (non-hydrogen) atoms. The minimum absolute atomic E-state index is 0.207. The van der Waals surface area contributed by atoms with E-state index in [1.54, 1.807) is 42.5 Å². The lowest BCUT2D eigenvalue weighted by Gasteiger charge is -2.15. The van der Waals surface area contributed by atoms with E-state index >= 15 is 0 Å². The number of phenols is 1. The summed E-state index contributed by atoms with van der Waals surface area (Å²) in [7, 11) is 0. The van der Waals surface area contributed by atoms with Crippen LogP contribution >= 0.6 is 0 Å². The standard InChI is InChI=1S/C19H16N2O3/c22-13-7-5-12(6-8-13)20-18-14-2-1-3-16(14)21-17-9-4-11(19(23)24)10-15(17)18/h4-10,22H,1-3H2,(H,20,21)(H,23,24). The van der Waals surface area contributed by atoms with E-state index < -0.39 is 5.97 Å². The SMILES string of the molecule is O=C(O)c1ccc2nc3c(c(Nc4ccc(O)cc4)c2c1)CCC3. The van der Waals surface area contributed by atoms with Crippen LogP contribution < -0.4 is 5.32 Å². The number of anilines is 2. The van der Waals surface area contributed by atoms with E-state index in [2.05, 4.69) is 5.32 Å². The van der Waals surface area contributed by atoms with Crippen molar-refractivity contribution in [2.45, 2.75) is 19.3 Å². The third-order valence-electron chi connectivity index (χ3n) is 4.40. The van der Waals surface area contributed by atoms with Crippen molar-refractivity contribution >= 4 is 28.2 Å². The largest absolute Gasteiger partial charge is 0.508 e. The predicted octanol–water partition coefficient (Wildman–Crippen LogP) is 3.87. The molecular weight excluding hydrogens is 304 g/mol. The number of fused-ring (bicyclic) bond motifs is 2. The summed E-state index contributed by atoms with van der Waals surface area (Å²) in [5.74, 6) is -0.744. The van der Waals surface area contributed by atoms with Crippen molar-refractivity contribution in [3.8, 4) is 5.75 Å². The quantitative estimate of drug-likeness (QED) is 0.638. The Kier molecular flexibility index (Phi) is 3.34. The van der Waals surface area contributed by atoms with Crippen molar-refractivity contribution in [3.63, 3.8) is 0 Å². The first-order valence-corrected chi connectivity index (χ1v) is 7.87.